The predicted octanol–water partition coefficient (Wildman–Crippen LogP) is 2.63. The summed E-state index contributed by atoms with van der Waals surface area (Å²) in [7, 11) is 0. The monoisotopic (exact) mass is 406 g/mol. The fourth-order valence-electron chi connectivity index (χ4n) is 2.61. The molecule has 7 nitrogen and oxygen atoms in total. The van der Waals surface area contributed by atoms with Crippen LogP contribution in [0.3, 0.4) is 0 Å². The summed E-state index contributed by atoms with van der Waals surface area (Å²) in [6, 6.07) is 7.57. The summed E-state index contributed by atoms with van der Waals surface area (Å²) in [6.45, 7) is 3.29. The molecule has 2 aromatic rings. The standard InChI is InChI=1S/C18H22N4O3S2/c1-12-5-2-3-7-14(12)20-17(24)18-22-21-16(27-18)11-26-10-15(23)19-9-13-6-4-8-25-13/h2-3,5,7,13H,4,6,8-11H2,1H3,(H,19,23)(H,20,24)/t13-/m0/s1. The highest BCUT2D eigenvalue weighted by molar-refractivity contribution is 7.99. The SMILES string of the molecule is Cc1ccccc1NC(=O)c1nnc(CSCC(=O)NC[C@@H]2CCCO2)s1. The number of aromatic nitrogens is 2. The van der Waals surface area contributed by atoms with E-state index in [1.165, 1.54) is 23.1 Å². The van der Waals surface area contributed by atoms with Crippen molar-refractivity contribution in [2.24, 2.45) is 0 Å². The molecule has 0 unspecified atom stereocenters. The fourth-order valence-corrected chi connectivity index (χ4v) is 4.25. The molecule has 2 heterocycles. The summed E-state index contributed by atoms with van der Waals surface area (Å²) >= 11 is 2.70. The van der Waals surface area contributed by atoms with E-state index in [0.717, 1.165) is 35.7 Å². The number of nitrogens with one attached hydrogen (secondary N) is 2. The topological polar surface area (TPSA) is 93.2 Å². The van der Waals surface area contributed by atoms with Crippen molar-refractivity contribution in [3.63, 3.8) is 0 Å². The molecular formula is C18H22N4O3S2. The van der Waals surface area contributed by atoms with Crippen LogP contribution in [0.2, 0.25) is 0 Å². The molecule has 2 N–H and O–H groups in total. The molecule has 1 aromatic carbocycles. The second-order valence-corrected chi connectivity index (χ2v) is 8.25. The molecule has 0 radical (unpaired) electrons. The van der Waals surface area contributed by atoms with E-state index in [0.29, 0.717) is 23.1 Å². The van der Waals surface area contributed by atoms with Crippen LogP contribution in [-0.4, -0.2) is 47.0 Å². The first-order chi connectivity index (χ1) is 13.1. The average Bonchev–Trinajstić information content (AvgIpc) is 3.34. The van der Waals surface area contributed by atoms with Gasteiger partial charge in [0.1, 0.15) is 5.01 Å². The number of carbonyl (C=O) groups is 2. The van der Waals surface area contributed by atoms with Crippen LogP contribution >= 0.6 is 23.1 Å². The summed E-state index contributed by atoms with van der Waals surface area (Å²) in [5.41, 5.74) is 1.75. The zero-order valence-electron chi connectivity index (χ0n) is 15.1. The van der Waals surface area contributed by atoms with E-state index in [-0.39, 0.29) is 17.9 Å². The number of carbonyl (C=O) groups excluding carboxylic acids is 2. The van der Waals surface area contributed by atoms with Crippen LogP contribution in [0.5, 0.6) is 0 Å². The van der Waals surface area contributed by atoms with Crippen LogP contribution in [-0.2, 0) is 15.3 Å². The number of amides is 2. The van der Waals surface area contributed by atoms with Gasteiger partial charge in [-0.3, -0.25) is 9.59 Å². The Kier molecular flexibility index (Phi) is 7.19. The van der Waals surface area contributed by atoms with Crippen LogP contribution in [0.25, 0.3) is 0 Å². The molecule has 3 rings (SSSR count). The van der Waals surface area contributed by atoms with Gasteiger partial charge in [0.25, 0.3) is 5.91 Å². The molecule has 1 atom stereocenters. The number of hydrogen-bond donors (Lipinski definition) is 2. The normalized spacial score (nSPS) is 16.3. The van der Waals surface area contributed by atoms with Crippen molar-refractivity contribution in [3.05, 3.63) is 39.8 Å². The Morgan fingerprint density at radius 1 is 1.33 bits per heavy atom. The van der Waals surface area contributed by atoms with Crippen LogP contribution in [0.15, 0.2) is 24.3 Å². The highest BCUT2D eigenvalue weighted by Crippen LogP contribution is 2.19. The lowest BCUT2D eigenvalue weighted by Crippen LogP contribution is -2.32. The number of rotatable bonds is 8. The number of anilines is 1. The summed E-state index contributed by atoms with van der Waals surface area (Å²) in [5.74, 6) is 0.601. The maximum absolute atomic E-state index is 12.3. The Morgan fingerprint density at radius 2 is 2.19 bits per heavy atom. The van der Waals surface area contributed by atoms with Crippen LogP contribution in [0, 0.1) is 6.92 Å². The lowest BCUT2D eigenvalue weighted by molar-refractivity contribution is -0.119. The molecule has 9 heteroatoms. The zero-order chi connectivity index (χ0) is 19.1. The molecule has 1 aromatic heterocycles. The lowest BCUT2D eigenvalue weighted by Gasteiger charge is -2.10. The van der Waals surface area contributed by atoms with Gasteiger partial charge in [0, 0.05) is 24.6 Å². The Balaban J connectivity index is 1.40. The van der Waals surface area contributed by atoms with Gasteiger partial charge in [0.05, 0.1) is 11.9 Å². The van der Waals surface area contributed by atoms with Gasteiger partial charge in [-0.15, -0.1) is 22.0 Å². The molecule has 0 bridgehead atoms. The van der Waals surface area contributed by atoms with E-state index in [2.05, 4.69) is 20.8 Å². The third-order valence-electron chi connectivity index (χ3n) is 4.06. The minimum Gasteiger partial charge on any atom is -0.376 e. The molecular weight excluding hydrogens is 384 g/mol. The van der Waals surface area contributed by atoms with Gasteiger partial charge in [-0.2, -0.15) is 0 Å². The van der Waals surface area contributed by atoms with Gasteiger partial charge in [-0.05, 0) is 31.4 Å². The molecule has 0 saturated carbocycles. The van der Waals surface area contributed by atoms with Crippen LogP contribution in [0.4, 0.5) is 5.69 Å². The van der Waals surface area contributed by atoms with Crippen molar-refractivity contribution in [2.45, 2.75) is 31.6 Å². The largest absolute Gasteiger partial charge is 0.376 e. The Labute approximate surface area is 166 Å². The molecule has 27 heavy (non-hydrogen) atoms. The maximum atomic E-state index is 12.3. The smallest absolute Gasteiger partial charge is 0.286 e. The van der Waals surface area contributed by atoms with E-state index in [4.69, 9.17) is 4.74 Å². The molecule has 0 spiro atoms. The van der Waals surface area contributed by atoms with E-state index < -0.39 is 0 Å². The molecule has 1 saturated heterocycles. The fraction of sp³-hybridized carbons (Fsp3) is 0.444. The summed E-state index contributed by atoms with van der Waals surface area (Å²) in [5, 5.41) is 14.8. The zero-order valence-corrected chi connectivity index (χ0v) is 16.7. The van der Waals surface area contributed by atoms with E-state index in [1.54, 1.807) is 0 Å². The minimum absolute atomic E-state index is 0.0162. The molecule has 0 aliphatic carbocycles. The predicted molar refractivity (Wildman–Crippen MR) is 107 cm³/mol. The molecule has 2 amide bonds. The van der Waals surface area contributed by atoms with Gasteiger partial charge in [0.15, 0.2) is 0 Å². The Morgan fingerprint density at radius 3 is 2.96 bits per heavy atom. The van der Waals surface area contributed by atoms with Crippen LogP contribution < -0.4 is 10.6 Å². The first kappa shape index (κ1) is 19.8. The van der Waals surface area contributed by atoms with E-state index in [1.807, 2.05) is 31.2 Å². The van der Waals surface area contributed by atoms with Gasteiger partial charge >= 0.3 is 0 Å². The number of aryl methyl sites for hydroxylation is 1. The summed E-state index contributed by atoms with van der Waals surface area (Å²) in [6.07, 6.45) is 2.22. The van der Waals surface area contributed by atoms with Crippen molar-refractivity contribution in [3.8, 4) is 0 Å². The number of hydrogen-bond acceptors (Lipinski definition) is 7. The first-order valence-electron chi connectivity index (χ1n) is 8.77. The van der Waals surface area contributed by atoms with Gasteiger partial charge < -0.3 is 15.4 Å². The molecule has 1 fully saturated rings. The number of ether oxygens (including phenoxy) is 1. The maximum Gasteiger partial charge on any atom is 0.286 e. The molecule has 144 valence electrons. The number of nitrogens with zero attached hydrogens (tertiary/aromatic N) is 2. The molecule has 1 aliphatic heterocycles. The number of benzene rings is 1. The van der Waals surface area contributed by atoms with Gasteiger partial charge in [-0.25, -0.2) is 0 Å². The highest BCUT2D eigenvalue weighted by atomic mass is 32.2. The van der Waals surface area contributed by atoms with Crippen molar-refractivity contribution < 1.29 is 14.3 Å². The Hall–Kier alpha value is -1.97. The van der Waals surface area contributed by atoms with E-state index >= 15 is 0 Å². The molecule has 1 aliphatic rings. The highest BCUT2D eigenvalue weighted by Gasteiger charge is 2.17. The Bertz CT molecular complexity index is 790. The second kappa shape index (κ2) is 9.82. The third kappa shape index (κ3) is 6.02. The van der Waals surface area contributed by atoms with Crippen molar-refractivity contribution in [2.75, 3.05) is 24.2 Å². The summed E-state index contributed by atoms with van der Waals surface area (Å²) < 4.78 is 5.48. The quantitative estimate of drug-likeness (QED) is 0.700. The van der Waals surface area contributed by atoms with Crippen molar-refractivity contribution >= 4 is 40.6 Å². The average molecular weight is 407 g/mol. The lowest BCUT2D eigenvalue weighted by atomic mass is 10.2. The van der Waals surface area contributed by atoms with Crippen molar-refractivity contribution in [1.29, 1.82) is 0 Å². The minimum atomic E-state index is -0.271. The second-order valence-electron chi connectivity index (χ2n) is 6.20. The van der Waals surface area contributed by atoms with Gasteiger partial charge in [0.2, 0.25) is 10.9 Å². The number of thioether (sulfide) groups is 1. The first-order valence-corrected chi connectivity index (χ1v) is 10.7. The third-order valence-corrected chi connectivity index (χ3v) is 6.11. The van der Waals surface area contributed by atoms with Gasteiger partial charge in [-0.1, -0.05) is 29.5 Å². The van der Waals surface area contributed by atoms with E-state index in [9.17, 15) is 9.59 Å². The van der Waals surface area contributed by atoms with Crippen molar-refractivity contribution in [1.82, 2.24) is 15.5 Å². The summed E-state index contributed by atoms with van der Waals surface area (Å²) in [4.78, 5) is 24.1. The van der Waals surface area contributed by atoms with Crippen LogP contribution in [0.1, 0.15) is 33.2 Å². The number of para-hydroxylation sites is 1.